The van der Waals surface area contributed by atoms with Crippen molar-refractivity contribution in [2.45, 2.75) is 116 Å². The summed E-state index contributed by atoms with van der Waals surface area (Å²) in [6.07, 6.45) is 8.10. The summed E-state index contributed by atoms with van der Waals surface area (Å²) in [5.41, 5.74) is -0.701. The van der Waals surface area contributed by atoms with Gasteiger partial charge in [0, 0.05) is 13.1 Å². The number of ether oxygens (including phenoxy) is 1. The topological polar surface area (TPSA) is 163 Å². The zero-order valence-electron chi connectivity index (χ0n) is 26.5. The number of esters is 1. The van der Waals surface area contributed by atoms with Crippen molar-refractivity contribution in [3.63, 3.8) is 0 Å². The smallest absolute Gasteiger partial charge is 0.325 e. The third kappa shape index (κ3) is 11.3. The van der Waals surface area contributed by atoms with E-state index in [2.05, 4.69) is 27.8 Å². The fraction of sp³-hybridized carbons (Fsp3) is 0.742. The van der Waals surface area contributed by atoms with E-state index < -0.39 is 53.3 Å². The van der Waals surface area contributed by atoms with E-state index in [0.29, 0.717) is 25.8 Å². The molecule has 43 heavy (non-hydrogen) atoms. The van der Waals surface area contributed by atoms with Crippen LogP contribution in [0.15, 0.2) is 12.7 Å². The molecule has 0 aromatic heterocycles. The van der Waals surface area contributed by atoms with Crippen molar-refractivity contribution in [1.29, 1.82) is 0 Å². The number of nitrogens with zero attached hydrogens (tertiary/aromatic N) is 1. The highest BCUT2D eigenvalue weighted by molar-refractivity contribution is 6.38. The average molecular weight is 606 g/mol. The van der Waals surface area contributed by atoms with Crippen molar-refractivity contribution in [3.05, 3.63) is 12.7 Å². The molecule has 1 heterocycles. The van der Waals surface area contributed by atoms with E-state index in [0.717, 1.165) is 38.5 Å². The number of ketones is 1. The predicted octanol–water partition coefficient (Wildman–Crippen LogP) is 2.36. The minimum atomic E-state index is -1.02. The van der Waals surface area contributed by atoms with E-state index in [4.69, 9.17) is 4.74 Å². The Morgan fingerprint density at radius 1 is 1.00 bits per heavy atom. The summed E-state index contributed by atoms with van der Waals surface area (Å²) in [5, 5.41) is 10.5. The number of likely N-dealkylation sites (tertiary alicyclic amines) is 1. The Morgan fingerprint density at radius 3 is 2.28 bits per heavy atom. The number of carbonyl (C=O) groups excluding carboxylic acids is 6. The average Bonchev–Trinajstić information content (AvgIpc) is 3.35. The highest BCUT2D eigenvalue weighted by atomic mass is 16.6. The minimum Gasteiger partial charge on any atom is -0.459 e. The van der Waals surface area contributed by atoms with Crippen LogP contribution in [0.25, 0.3) is 0 Å². The number of Topliss-reactive ketones (excluding diaryl/α,β-unsaturated/α-hetero) is 1. The summed E-state index contributed by atoms with van der Waals surface area (Å²) in [6, 6.07) is -3.44. The SMILES string of the molecule is C=CCNC(=O)C(=O)C(CCCC)NC(=O)C1[C@@H](C)CCN1C(=O)C(NC(=O)NCC(=O)OC(C)(C)C)C1CCCCC1. The molecule has 2 aliphatic rings. The van der Waals surface area contributed by atoms with Gasteiger partial charge in [0.25, 0.3) is 5.91 Å². The fourth-order valence-corrected chi connectivity index (χ4v) is 5.69. The first-order valence-electron chi connectivity index (χ1n) is 15.6. The van der Waals surface area contributed by atoms with Gasteiger partial charge in [0.15, 0.2) is 0 Å². The third-order valence-corrected chi connectivity index (χ3v) is 7.85. The number of nitrogens with one attached hydrogen (secondary N) is 4. The van der Waals surface area contributed by atoms with Crippen molar-refractivity contribution in [1.82, 2.24) is 26.2 Å². The molecule has 0 aromatic rings. The van der Waals surface area contributed by atoms with Crippen LogP contribution < -0.4 is 21.3 Å². The fourth-order valence-electron chi connectivity index (χ4n) is 5.69. The molecule has 5 amide bonds. The second kappa shape index (κ2) is 17.0. The van der Waals surface area contributed by atoms with E-state index >= 15 is 0 Å². The van der Waals surface area contributed by atoms with E-state index in [1.165, 1.54) is 11.0 Å². The molecule has 0 aromatic carbocycles. The molecule has 2 rings (SSSR count). The van der Waals surface area contributed by atoms with Gasteiger partial charge in [0.05, 0.1) is 6.04 Å². The molecular formula is C31H51N5O7. The Balaban J connectivity index is 2.20. The second-order valence-corrected chi connectivity index (χ2v) is 12.6. The zero-order chi connectivity index (χ0) is 32.2. The molecule has 242 valence electrons. The maximum absolute atomic E-state index is 14.1. The minimum absolute atomic E-state index is 0.124. The first-order valence-corrected chi connectivity index (χ1v) is 15.6. The summed E-state index contributed by atoms with van der Waals surface area (Å²) < 4.78 is 5.24. The number of amides is 5. The highest BCUT2D eigenvalue weighted by Crippen LogP contribution is 2.31. The highest BCUT2D eigenvalue weighted by Gasteiger charge is 2.44. The Hall–Kier alpha value is -3.44. The van der Waals surface area contributed by atoms with Crippen molar-refractivity contribution in [3.8, 4) is 0 Å². The van der Waals surface area contributed by atoms with Gasteiger partial charge in [-0.05, 0) is 58.3 Å². The van der Waals surface area contributed by atoms with Crippen LogP contribution in [0.3, 0.4) is 0 Å². The van der Waals surface area contributed by atoms with Crippen LogP contribution in [0.5, 0.6) is 0 Å². The first-order chi connectivity index (χ1) is 20.3. The van der Waals surface area contributed by atoms with Gasteiger partial charge in [-0.2, -0.15) is 0 Å². The molecule has 2 fully saturated rings. The standard InChI is InChI=1S/C31H51N5O7/c1-7-9-15-22(26(38)28(40)32-17-8-2)34-27(39)25-20(3)16-18-36(25)29(41)24(21-13-11-10-12-14-21)35-30(42)33-19-23(37)43-31(4,5)6/h8,20-22,24-25H,2,7,9-19H2,1,3-6H3,(H,32,40)(H,34,39)(H2,33,35,42)/t20-,22?,24?,25?/m0/s1. The predicted molar refractivity (Wildman–Crippen MR) is 162 cm³/mol. The van der Waals surface area contributed by atoms with Gasteiger partial charge in [0.1, 0.15) is 24.2 Å². The van der Waals surface area contributed by atoms with Crippen LogP contribution in [0, 0.1) is 11.8 Å². The van der Waals surface area contributed by atoms with E-state index in [9.17, 15) is 28.8 Å². The van der Waals surface area contributed by atoms with Gasteiger partial charge in [-0.25, -0.2) is 4.79 Å². The molecule has 12 nitrogen and oxygen atoms in total. The molecule has 1 aliphatic heterocycles. The monoisotopic (exact) mass is 605 g/mol. The number of carbonyl (C=O) groups is 6. The largest absolute Gasteiger partial charge is 0.459 e. The lowest BCUT2D eigenvalue weighted by Gasteiger charge is -2.35. The summed E-state index contributed by atoms with van der Waals surface area (Å²) in [7, 11) is 0. The van der Waals surface area contributed by atoms with Gasteiger partial charge < -0.3 is 30.9 Å². The summed E-state index contributed by atoms with van der Waals surface area (Å²) in [6.45, 7) is 12.6. The van der Waals surface area contributed by atoms with Crippen molar-refractivity contribution >= 4 is 35.5 Å². The molecule has 0 spiro atoms. The van der Waals surface area contributed by atoms with Gasteiger partial charge in [-0.1, -0.05) is 52.0 Å². The van der Waals surface area contributed by atoms with Crippen LogP contribution in [0.4, 0.5) is 4.79 Å². The molecule has 1 saturated heterocycles. The quantitative estimate of drug-likeness (QED) is 0.134. The third-order valence-electron chi connectivity index (χ3n) is 7.85. The van der Waals surface area contributed by atoms with Crippen LogP contribution >= 0.6 is 0 Å². The van der Waals surface area contributed by atoms with Crippen LogP contribution in [-0.2, 0) is 28.7 Å². The molecule has 12 heteroatoms. The Morgan fingerprint density at radius 2 is 1.67 bits per heavy atom. The summed E-state index contributed by atoms with van der Waals surface area (Å²) in [4.78, 5) is 79.4. The Bertz CT molecular complexity index is 1020. The van der Waals surface area contributed by atoms with Crippen molar-refractivity contribution in [2.75, 3.05) is 19.6 Å². The molecular weight excluding hydrogens is 554 g/mol. The van der Waals surface area contributed by atoms with E-state index in [1.54, 1.807) is 20.8 Å². The first kappa shape index (κ1) is 35.8. The van der Waals surface area contributed by atoms with Crippen LogP contribution in [-0.4, -0.2) is 83.8 Å². The molecule has 1 aliphatic carbocycles. The number of urea groups is 1. The number of hydrogen-bond acceptors (Lipinski definition) is 7. The maximum Gasteiger partial charge on any atom is 0.325 e. The Kier molecular flexibility index (Phi) is 14.1. The van der Waals surface area contributed by atoms with Crippen LogP contribution in [0.2, 0.25) is 0 Å². The van der Waals surface area contributed by atoms with Crippen LogP contribution in [0.1, 0.15) is 92.4 Å². The van der Waals surface area contributed by atoms with Crippen molar-refractivity contribution < 1.29 is 33.5 Å². The second-order valence-electron chi connectivity index (χ2n) is 12.6. The zero-order valence-corrected chi connectivity index (χ0v) is 26.5. The molecule has 4 atom stereocenters. The molecule has 0 bridgehead atoms. The summed E-state index contributed by atoms with van der Waals surface area (Å²) >= 11 is 0. The van der Waals surface area contributed by atoms with Crippen molar-refractivity contribution in [2.24, 2.45) is 11.8 Å². The lowest BCUT2D eigenvalue weighted by atomic mass is 9.83. The molecule has 3 unspecified atom stereocenters. The summed E-state index contributed by atoms with van der Waals surface area (Å²) in [5.74, 6) is -3.33. The lowest BCUT2D eigenvalue weighted by Crippen LogP contribution is -2.59. The molecule has 4 N–H and O–H groups in total. The van der Waals surface area contributed by atoms with Gasteiger partial charge >= 0.3 is 12.0 Å². The number of hydrogen-bond donors (Lipinski definition) is 4. The Labute approximate surface area is 255 Å². The van der Waals surface area contributed by atoms with E-state index in [1.807, 2.05) is 13.8 Å². The van der Waals surface area contributed by atoms with Gasteiger partial charge in [0.2, 0.25) is 17.6 Å². The lowest BCUT2D eigenvalue weighted by molar-refractivity contribution is -0.153. The van der Waals surface area contributed by atoms with Gasteiger partial charge in [-0.3, -0.25) is 24.0 Å². The normalized spacial score (nSPS) is 20.3. The number of rotatable bonds is 14. The maximum atomic E-state index is 14.1. The van der Waals surface area contributed by atoms with Gasteiger partial charge in [-0.15, -0.1) is 6.58 Å². The number of unbranched alkanes of at least 4 members (excludes halogenated alkanes) is 1. The molecule has 0 radical (unpaired) electrons. The molecule has 1 saturated carbocycles. The van der Waals surface area contributed by atoms with E-state index in [-0.39, 0.29) is 30.8 Å².